The zero-order valence-electron chi connectivity index (χ0n) is 12.2. The van der Waals surface area contributed by atoms with Crippen LogP contribution in [0, 0.1) is 0 Å². The van der Waals surface area contributed by atoms with Crippen molar-refractivity contribution in [3.63, 3.8) is 0 Å². The van der Waals surface area contributed by atoms with Crippen LogP contribution in [-0.2, 0) is 11.2 Å². The minimum atomic E-state index is 0.395. The zero-order chi connectivity index (χ0) is 13.8. The van der Waals surface area contributed by atoms with E-state index in [0.29, 0.717) is 12.1 Å². The van der Waals surface area contributed by atoms with E-state index in [-0.39, 0.29) is 0 Å². The van der Waals surface area contributed by atoms with Crippen LogP contribution >= 0.6 is 0 Å². The Balaban J connectivity index is 1.57. The lowest BCUT2D eigenvalue weighted by Crippen LogP contribution is -2.43. The summed E-state index contributed by atoms with van der Waals surface area (Å²) < 4.78 is 5.59. The van der Waals surface area contributed by atoms with Crippen LogP contribution in [0.2, 0.25) is 0 Å². The van der Waals surface area contributed by atoms with Gasteiger partial charge in [-0.15, -0.1) is 0 Å². The molecule has 1 aliphatic carbocycles. The minimum Gasteiger partial charge on any atom is -0.380 e. The summed E-state index contributed by atoms with van der Waals surface area (Å²) in [6.45, 7) is 1.02. The molecule has 2 atom stereocenters. The van der Waals surface area contributed by atoms with Crippen molar-refractivity contribution in [1.82, 2.24) is 10.3 Å². The molecule has 1 aromatic carbocycles. The van der Waals surface area contributed by atoms with Gasteiger partial charge in [-0.2, -0.15) is 0 Å². The van der Waals surface area contributed by atoms with Gasteiger partial charge in [-0.1, -0.05) is 31.0 Å². The number of ether oxygens (including phenoxy) is 1. The smallest absolute Gasteiger partial charge is 0.0724 e. The van der Waals surface area contributed by atoms with Crippen LogP contribution in [0.3, 0.4) is 0 Å². The quantitative estimate of drug-likeness (QED) is 0.876. The Kier molecular flexibility index (Phi) is 4.38. The molecule has 0 spiro atoms. The second-order valence-corrected chi connectivity index (χ2v) is 5.73. The maximum atomic E-state index is 5.59. The first-order valence-electron chi connectivity index (χ1n) is 7.69. The van der Waals surface area contributed by atoms with E-state index in [1.165, 1.54) is 42.1 Å². The predicted molar refractivity (Wildman–Crippen MR) is 83.1 cm³/mol. The molecule has 0 aliphatic heterocycles. The fourth-order valence-electron chi connectivity index (χ4n) is 3.34. The Labute approximate surface area is 120 Å². The third-order valence-corrected chi connectivity index (χ3v) is 4.48. The Morgan fingerprint density at radius 3 is 3.00 bits per heavy atom. The van der Waals surface area contributed by atoms with E-state index in [9.17, 15) is 0 Å². The number of nitrogens with one attached hydrogen (secondary N) is 2. The molecule has 1 aromatic heterocycles. The van der Waals surface area contributed by atoms with Crippen LogP contribution < -0.4 is 5.32 Å². The van der Waals surface area contributed by atoms with Crippen molar-refractivity contribution in [2.45, 2.75) is 44.2 Å². The highest BCUT2D eigenvalue weighted by atomic mass is 16.5. The summed E-state index contributed by atoms with van der Waals surface area (Å²) in [6, 6.07) is 9.04. The van der Waals surface area contributed by atoms with Crippen molar-refractivity contribution < 1.29 is 4.74 Å². The highest BCUT2D eigenvalue weighted by Gasteiger charge is 2.23. The van der Waals surface area contributed by atoms with E-state index in [1.54, 1.807) is 0 Å². The fraction of sp³-hybridized carbons (Fsp3) is 0.529. The van der Waals surface area contributed by atoms with Crippen molar-refractivity contribution in [3.05, 3.63) is 36.0 Å². The van der Waals surface area contributed by atoms with Gasteiger partial charge in [0.1, 0.15) is 0 Å². The number of rotatable bonds is 5. The van der Waals surface area contributed by atoms with E-state index < -0.39 is 0 Å². The lowest BCUT2D eigenvalue weighted by atomic mass is 9.92. The second kappa shape index (κ2) is 6.42. The standard InChI is InChI=1S/C17H24N2O/c1-20-17-9-5-4-8-16(17)18-11-10-13-12-19-15-7-3-2-6-14(13)15/h2-3,6-7,12,16-19H,4-5,8-11H2,1H3. The molecule has 3 rings (SSSR count). The average molecular weight is 272 g/mol. The molecule has 3 nitrogen and oxygen atoms in total. The fourth-order valence-corrected chi connectivity index (χ4v) is 3.34. The summed E-state index contributed by atoms with van der Waals surface area (Å²) in [7, 11) is 1.84. The average Bonchev–Trinajstić information content (AvgIpc) is 2.91. The number of hydrogen-bond acceptors (Lipinski definition) is 2. The number of methoxy groups -OCH3 is 1. The molecular weight excluding hydrogens is 248 g/mol. The van der Waals surface area contributed by atoms with E-state index in [4.69, 9.17) is 4.74 Å². The number of benzene rings is 1. The summed E-state index contributed by atoms with van der Waals surface area (Å²) in [6.07, 6.45) is 8.67. The normalized spacial score (nSPS) is 23.2. The van der Waals surface area contributed by atoms with Crippen LogP contribution in [-0.4, -0.2) is 30.8 Å². The van der Waals surface area contributed by atoms with Gasteiger partial charge in [-0.05, 0) is 37.4 Å². The minimum absolute atomic E-state index is 0.395. The highest BCUT2D eigenvalue weighted by Crippen LogP contribution is 2.21. The van der Waals surface area contributed by atoms with Gasteiger partial charge in [0.15, 0.2) is 0 Å². The molecule has 2 aromatic rings. The number of aromatic nitrogens is 1. The first kappa shape index (κ1) is 13.7. The molecular formula is C17H24N2O. The van der Waals surface area contributed by atoms with E-state index in [0.717, 1.165) is 13.0 Å². The van der Waals surface area contributed by atoms with Gasteiger partial charge in [-0.3, -0.25) is 0 Å². The zero-order valence-corrected chi connectivity index (χ0v) is 12.2. The molecule has 2 N–H and O–H groups in total. The van der Waals surface area contributed by atoms with Crippen molar-refractivity contribution in [3.8, 4) is 0 Å². The number of fused-ring (bicyclic) bond motifs is 1. The Bertz CT molecular complexity index is 549. The summed E-state index contributed by atoms with van der Waals surface area (Å²) in [4.78, 5) is 3.34. The molecule has 1 aliphatic rings. The number of hydrogen-bond donors (Lipinski definition) is 2. The first-order chi connectivity index (χ1) is 9.88. The predicted octanol–water partition coefficient (Wildman–Crippen LogP) is 3.26. The maximum absolute atomic E-state index is 5.59. The van der Waals surface area contributed by atoms with Gasteiger partial charge in [-0.25, -0.2) is 0 Å². The highest BCUT2D eigenvalue weighted by molar-refractivity contribution is 5.83. The van der Waals surface area contributed by atoms with E-state index in [1.807, 2.05) is 7.11 Å². The first-order valence-corrected chi connectivity index (χ1v) is 7.69. The van der Waals surface area contributed by atoms with Crippen molar-refractivity contribution >= 4 is 10.9 Å². The van der Waals surface area contributed by atoms with Crippen molar-refractivity contribution in [1.29, 1.82) is 0 Å². The summed E-state index contributed by atoms with van der Waals surface area (Å²) >= 11 is 0. The maximum Gasteiger partial charge on any atom is 0.0724 e. The van der Waals surface area contributed by atoms with Gasteiger partial charge >= 0.3 is 0 Å². The van der Waals surface area contributed by atoms with Gasteiger partial charge in [0.2, 0.25) is 0 Å². The molecule has 0 radical (unpaired) electrons. The van der Waals surface area contributed by atoms with E-state index in [2.05, 4.69) is 40.8 Å². The molecule has 20 heavy (non-hydrogen) atoms. The monoisotopic (exact) mass is 272 g/mol. The van der Waals surface area contributed by atoms with Crippen LogP contribution in [0.25, 0.3) is 10.9 Å². The van der Waals surface area contributed by atoms with Gasteiger partial charge < -0.3 is 15.0 Å². The summed E-state index contributed by atoms with van der Waals surface area (Å²) in [5, 5.41) is 5.04. The molecule has 108 valence electrons. The number of aromatic amines is 1. The van der Waals surface area contributed by atoms with E-state index >= 15 is 0 Å². The third-order valence-electron chi connectivity index (χ3n) is 4.48. The molecule has 3 heteroatoms. The van der Waals surface area contributed by atoms with Crippen molar-refractivity contribution in [2.24, 2.45) is 0 Å². The Morgan fingerprint density at radius 2 is 2.10 bits per heavy atom. The van der Waals surface area contributed by atoms with Gasteiger partial charge in [0.25, 0.3) is 0 Å². The van der Waals surface area contributed by atoms with Gasteiger partial charge in [0.05, 0.1) is 6.10 Å². The van der Waals surface area contributed by atoms with Crippen LogP contribution in [0.1, 0.15) is 31.2 Å². The van der Waals surface area contributed by atoms with Crippen molar-refractivity contribution in [2.75, 3.05) is 13.7 Å². The molecule has 1 saturated carbocycles. The molecule has 0 amide bonds. The number of H-pyrrole nitrogens is 1. The molecule has 1 fully saturated rings. The number of para-hydroxylation sites is 1. The lowest BCUT2D eigenvalue weighted by molar-refractivity contribution is 0.0421. The third kappa shape index (κ3) is 2.89. The lowest BCUT2D eigenvalue weighted by Gasteiger charge is -2.31. The molecule has 2 unspecified atom stereocenters. The van der Waals surface area contributed by atoms with Crippen LogP contribution in [0.5, 0.6) is 0 Å². The topological polar surface area (TPSA) is 37.0 Å². The molecule has 0 bridgehead atoms. The summed E-state index contributed by atoms with van der Waals surface area (Å²) in [5.41, 5.74) is 2.63. The second-order valence-electron chi connectivity index (χ2n) is 5.73. The van der Waals surface area contributed by atoms with Crippen LogP contribution in [0.4, 0.5) is 0 Å². The Morgan fingerprint density at radius 1 is 1.25 bits per heavy atom. The Hall–Kier alpha value is -1.32. The van der Waals surface area contributed by atoms with Gasteiger partial charge in [0, 0.05) is 30.3 Å². The molecule has 0 saturated heterocycles. The SMILES string of the molecule is COC1CCCCC1NCCc1c[nH]c2ccccc12. The molecule has 1 heterocycles. The van der Waals surface area contributed by atoms with Crippen LogP contribution in [0.15, 0.2) is 30.5 Å². The summed E-state index contributed by atoms with van der Waals surface area (Å²) in [5.74, 6) is 0. The largest absolute Gasteiger partial charge is 0.380 e.